The molecule has 0 bridgehead atoms. The lowest BCUT2D eigenvalue weighted by Gasteiger charge is -2.10. The van der Waals surface area contributed by atoms with E-state index >= 15 is 0 Å². The SMILES string of the molecule is Cc1nnc(SCC(=O)Nc2cccc(S(=O)(=O)NC3=NCCC3)c2)s1. The van der Waals surface area contributed by atoms with Gasteiger partial charge in [-0.15, -0.1) is 10.2 Å². The minimum atomic E-state index is -3.71. The number of thioether (sulfide) groups is 1. The summed E-state index contributed by atoms with van der Waals surface area (Å²) in [4.78, 5) is 16.3. The summed E-state index contributed by atoms with van der Waals surface area (Å²) in [5.41, 5.74) is 0.417. The van der Waals surface area contributed by atoms with E-state index in [0.29, 0.717) is 24.5 Å². The van der Waals surface area contributed by atoms with Gasteiger partial charge in [-0.05, 0) is 31.5 Å². The van der Waals surface area contributed by atoms with Gasteiger partial charge in [-0.25, -0.2) is 8.42 Å². The summed E-state index contributed by atoms with van der Waals surface area (Å²) in [7, 11) is -3.71. The van der Waals surface area contributed by atoms with Crippen LogP contribution in [0.2, 0.25) is 0 Å². The fourth-order valence-electron chi connectivity index (χ4n) is 2.24. The average Bonchev–Trinajstić information content (AvgIpc) is 3.24. The molecule has 0 unspecified atom stereocenters. The van der Waals surface area contributed by atoms with Crippen molar-refractivity contribution in [3.63, 3.8) is 0 Å². The van der Waals surface area contributed by atoms with Gasteiger partial charge in [0.25, 0.3) is 10.0 Å². The van der Waals surface area contributed by atoms with E-state index in [2.05, 4.69) is 25.2 Å². The molecule has 138 valence electrons. The molecule has 1 aliphatic rings. The van der Waals surface area contributed by atoms with Gasteiger partial charge in [0.15, 0.2) is 4.34 Å². The van der Waals surface area contributed by atoms with Gasteiger partial charge in [-0.3, -0.25) is 14.5 Å². The van der Waals surface area contributed by atoms with Crippen molar-refractivity contribution in [2.45, 2.75) is 29.0 Å². The van der Waals surface area contributed by atoms with E-state index < -0.39 is 10.0 Å². The van der Waals surface area contributed by atoms with Gasteiger partial charge >= 0.3 is 0 Å². The Hall–Kier alpha value is -1.98. The summed E-state index contributed by atoms with van der Waals surface area (Å²) in [5.74, 6) is 0.398. The Morgan fingerprint density at radius 3 is 2.88 bits per heavy atom. The van der Waals surface area contributed by atoms with Gasteiger partial charge in [0.1, 0.15) is 10.8 Å². The van der Waals surface area contributed by atoms with E-state index in [1.165, 1.54) is 35.2 Å². The fourth-order valence-corrected chi connectivity index (χ4v) is 4.99. The molecule has 11 heteroatoms. The highest BCUT2D eigenvalue weighted by Gasteiger charge is 2.18. The molecule has 0 radical (unpaired) electrons. The largest absolute Gasteiger partial charge is 0.325 e. The standard InChI is InChI=1S/C15H17N5O3S3/c1-10-18-19-15(25-10)24-9-14(21)17-11-4-2-5-12(8-11)26(22,23)20-13-6-3-7-16-13/h2,4-5,8H,3,6-7,9H2,1H3,(H,16,20)(H,17,21). The minimum Gasteiger partial charge on any atom is -0.325 e. The minimum absolute atomic E-state index is 0.0808. The Morgan fingerprint density at radius 1 is 1.35 bits per heavy atom. The number of carbonyl (C=O) groups is 1. The van der Waals surface area contributed by atoms with E-state index in [9.17, 15) is 13.2 Å². The third-order valence-electron chi connectivity index (χ3n) is 3.39. The van der Waals surface area contributed by atoms with Crippen molar-refractivity contribution in [2.24, 2.45) is 4.99 Å². The molecule has 2 N–H and O–H groups in total. The molecular weight excluding hydrogens is 394 g/mol. The lowest BCUT2D eigenvalue weighted by atomic mass is 10.3. The zero-order valence-electron chi connectivity index (χ0n) is 13.9. The first-order valence-electron chi connectivity index (χ1n) is 7.81. The first kappa shape index (κ1) is 18.8. The van der Waals surface area contributed by atoms with Crippen molar-refractivity contribution in [3.05, 3.63) is 29.3 Å². The number of amidine groups is 1. The number of aryl methyl sites for hydroxylation is 1. The Balaban J connectivity index is 1.62. The van der Waals surface area contributed by atoms with Crippen molar-refractivity contribution in [2.75, 3.05) is 17.6 Å². The topological polar surface area (TPSA) is 113 Å². The molecule has 2 aromatic rings. The molecule has 0 saturated heterocycles. The maximum atomic E-state index is 12.4. The monoisotopic (exact) mass is 411 g/mol. The molecule has 0 aliphatic carbocycles. The van der Waals surface area contributed by atoms with Crippen LogP contribution in [0.5, 0.6) is 0 Å². The Bertz CT molecular complexity index is 940. The first-order chi connectivity index (χ1) is 12.4. The van der Waals surface area contributed by atoms with Crippen molar-refractivity contribution in [3.8, 4) is 0 Å². The molecule has 26 heavy (non-hydrogen) atoms. The molecule has 0 fully saturated rings. The summed E-state index contributed by atoms with van der Waals surface area (Å²) in [5, 5.41) is 11.4. The van der Waals surface area contributed by atoms with Crippen LogP contribution in [0.15, 0.2) is 38.5 Å². The van der Waals surface area contributed by atoms with Crippen molar-refractivity contribution < 1.29 is 13.2 Å². The molecule has 2 heterocycles. The highest BCUT2D eigenvalue weighted by molar-refractivity contribution is 8.01. The highest BCUT2D eigenvalue weighted by Crippen LogP contribution is 2.22. The normalized spacial score (nSPS) is 14.1. The van der Waals surface area contributed by atoms with Crippen LogP contribution < -0.4 is 10.0 Å². The van der Waals surface area contributed by atoms with Crippen LogP contribution in [-0.2, 0) is 14.8 Å². The number of nitrogens with zero attached hydrogens (tertiary/aromatic N) is 3. The lowest BCUT2D eigenvalue weighted by molar-refractivity contribution is -0.113. The number of carbonyl (C=O) groups excluding carboxylic acids is 1. The summed E-state index contributed by atoms with van der Waals surface area (Å²) in [6.07, 6.45) is 1.47. The van der Waals surface area contributed by atoms with Crippen molar-refractivity contribution >= 4 is 50.6 Å². The molecule has 0 saturated carbocycles. The van der Waals surface area contributed by atoms with Crippen LogP contribution in [0.25, 0.3) is 0 Å². The predicted molar refractivity (Wildman–Crippen MR) is 102 cm³/mol. The molecular formula is C15H17N5O3S3. The van der Waals surface area contributed by atoms with Gasteiger partial charge < -0.3 is 5.32 Å². The second kappa shape index (κ2) is 8.14. The number of hydrogen-bond donors (Lipinski definition) is 2. The van der Waals surface area contributed by atoms with Crippen LogP contribution >= 0.6 is 23.1 Å². The first-order valence-corrected chi connectivity index (χ1v) is 11.1. The van der Waals surface area contributed by atoms with Crippen LogP contribution in [0.3, 0.4) is 0 Å². The van der Waals surface area contributed by atoms with E-state index in [1.807, 2.05) is 6.92 Å². The molecule has 1 aromatic carbocycles. The predicted octanol–water partition coefficient (Wildman–Crippen LogP) is 2.05. The third-order valence-corrected chi connectivity index (χ3v) is 6.74. The van der Waals surface area contributed by atoms with E-state index in [0.717, 1.165) is 15.8 Å². The van der Waals surface area contributed by atoms with Gasteiger partial charge in [-0.1, -0.05) is 29.2 Å². The summed E-state index contributed by atoms with van der Waals surface area (Å²) in [6, 6.07) is 6.13. The lowest BCUT2D eigenvalue weighted by Crippen LogP contribution is -2.29. The number of aliphatic imine (C=N–C) groups is 1. The molecule has 0 spiro atoms. The molecule has 1 aliphatic heterocycles. The molecule has 1 amide bonds. The van der Waals surface area contributed by atoms with Gasteiger partial charge in [0.05, 0.1) is 10.6 Å². The number of aromatic nitrogens is 2. The quantitative estimate of drug-likeness (QED) is 0.703. The van der Waals surface area contributed by atoms with Gasteiger partial charge in [0.2, 0.25) is 5.91 Å². The Morgan fingerprint density at radius 2 is 2.19 bits per heavy atom. The van der Waals surface area contributed by atoms with Crippen LogP contribution in [0.4, 0.5) is 5.69 Å². The van der Waals surface area contributed by atoms with Gasteiger partial charge in [0, 0.05) is 18.7 Å². The maximum absolute atomic E-state index is 12.4. The summed E-state index contributed by atoms with van der Waals surface area (Å²) in [6.45, 7) is 2.48. The van der Waals surface area contributed by atoms with E-state index in [-0.39, 0.29) is 16.6 Å². The van der Waals surface area contributed by atoms with Crippen LogP contribution in [-0.4, -0.2) is 42.7 Å². The number of amides is 1. The Labute approximate surface area is 159 Å². The highest BCUT2D eigenvalue weighted by atomic mass is 32.2. The second-order valence-electron chi connectivity index (χ2n) is 5.49. The van der Waals surface area contributed by atoms with Crippen LogP contribution in [0, 0.1) is 6.92 Å². The zero-order valence-corrected chi connectivity index (χ0v) is 16.4. The zero-order chi connectivity index (χ0) is 18.6. The van der Waals surface area contributed by atoms with E-state index in [1.54, 1.807) is 12.1 Å². The number of hydrogen-bond acceptors (Lipinski definition) is 8. The molecule has 0 atom stereocenters. The molecule has 1 aromatic heterocycles. The molecule has 8 nitrogen and oxygen atoms in total. The maximum Gasteiger partial charge on any atom is 0.262 e. The number of sulfonamides is 1. The van der Waals surface area contributed by atoms with Crippen molar-refractivity contribution in [1.82, 2.24) is 14.9 Å². The Kier molecular flexibility index (Phi) is 5.89. The third kappa shape index (κ3) is 5.02. The summed E-state index contributed by atoms with van der Waals surface area (Å²) >= 11 is 2.70. The van der Waals surface area contributed by atoms with Crippen LogP contribution in [0.1, 0.15) is 17.8 Å². The van der Waals surface area contributed by atoms with Gasteiger partial charge in [-0.2, -0.15) is 0 Å². The smallest absolute Gasteiger partial charge is 0.262 e. The number of benzene rings is 1. The summed E-state index contributed by atoms with van der Waals surface area (Å²) < 4.78 is 28.0. The van der Waals surface area contributed by atoms with Crippen molar-refractivity contribution in [1.29, 1.82) is 0 Å². The number of anilines is 1. The van der Waals surface area contributed by atoms with E-state index in [4.69, 9.17) is 0 Å². The number of rotatable bonds is 6. The molecule has 3 rings (SSSR count). The average molecular weight is 412 g/mol. The number of nitrogens with one attached hydrogen (secondary N) is 2. The second-order valence-corrected chi connectivity index (χ2v) is 9.58. The fraction of sp³-hybridized carbons (Fsp3) is 0.333.